The first-order valence-electron chi connectivity index (χ1n) is 10.6. The third kappa shape index (κ3) is 4.76. The molecule has 31 heavy (non-hydrogen) atoms. The van der Waals surface area contributed by atoms with Gasteiger partial charge >= 0.3 is 0 Å². The van der Waals surface area contributed by atoms with Gasteiger partial charge in [0.05, 0.1) is 24.0 Å². The molecule has 0 radical (unpaired) electrons. The normalized spacial score (nSPS) is 19.0. The lowest BCUT2D eigenvalue weighted by atomic mass is 9.88. The Bertz CT molecular complexity index is 1040. The number of hydrogen-bond donors (Lipinski definition) is 1. The number of likely N-dealkylation sites (tertiary alicyclic amines) is 1. The van der Waals surface area contributed by atoms with Gasteiger partial charge in [0, 0.05) is 19.3 Å². The molecule has 3 rings (SSSR count). The molecule has 2 aromatic rings. The van der Waals surface area contributed by atoms with Crippen LogP contribution in [0, 0.1) is 22.7 Å². The summed E-state index contributed by atoms with van der Waals surface area (Å²) in [7, 11) is 0. The summed E-state index contributed by atoms with van der Waals surface area (Å²) in [6.45, 7) is 10.4. The van der Waals surface area contributed by atoms with Gasteiger partial charge in [-0.15, -0.1) is 0 Å². The number of fused-ring (bicyclic) bond motifs is 1. The van der Waals surface area contributed by atoms with Crippen LogP contribution < -0.4 is 4.90 Å². The number of nitrogens with one attached hydrogen (secondary N) is 1. The van der Waals surface area contributed by atoms with E-state index in [2.05, 4.69) is 27.9 Å². The third-order valence-corrected chi connectivity index (χ3v) is 5.80. The number of anilines is 1. The van der Waals surface area contributed by atoms with E-state index in [1.807, 2.05) is 24.8 Å². The number of carbonyl (C=O) groups excluding carboxylic acids is 2. The lowest BCUT2D eigenvalue weighted by Crippen LogP contribution is -2.56. The molecule has 1 saturated heterocycles. The van der Waals surface area contributed by atoms with Crippen molar-refractivity contribution < 1.29 is 9.59 Å². The Morgan fingerprint density at radius 3 is 2.81 bits per heavy atom. The first-order valence-corrected chi connectivity index (χ1v) is 10.6. The molecule has 1 amide bonds. The Kier molecular flexibility index (Phi) is 6.44. The van der Waals surface area contributed by atoms with E-state index in [1.54, 1.807) is 31.0 Å². The van der Waals surface area contributed by atoms with Crippen molar-refractivity contribution >= 4 is 28.5 Å². The average molecular weight is 423 g/mol. The van der Waals surface area contributed by atoms with Gasteiger partial charge in [-0.2, -0.15) is 5.26 Å². The Balaban J connectivity index is 2.00. The molecule has 164 valence electrons. The molecule has 8 heteroatoms. The van der Waals surface area contributed by atoms with Crippen LogP contribution in [0.1, 0.15) is 41.0 Å². The molecule has 0 aliphatic carbocycles. The summed E-state index contributed by atoms with van der Waals surface area (Å²) >= 11 is 0. The van der Waals surface area contributed by atoms with E-state index >= 15 is 0 Å². The Morgan fingerprint density at radius 2 is 2.13 bits per heavy atom. The Hall–Kier alpha value is -3.21. The van der Waals surface area contributed by atoms with Gasteiger partial charge in [0.25, 0.3) is 0 Å². The van der Waals surface area contributed by atoms with Crippen LogP contribution in [0.15, 0.2) is 30.2 Å². The number of nitriles is 1. The molecule has 8 nitrogen and oxygen atoms in total. The monoisotopic (exact) mass is 422 g/mol. The number of nitrogens with zero attached hydrogens (tertiary/aromatic N) is 5. The summed E-state index contributed by atoms with van der Waals surface area (Å²) in [5.41, 5.74) is 0.548. The standard InChI is InChI=1S/C23H30N6O2/c1-15(2)10-17(30)11-29(21-18-6-8-25-20(18)26-14-27-21)19-12-28(9-7-16(19)3)22(31)23(4,5)13-24/h6,8,10,14,16,19H,7,9,11-12H2,1-5H3,(H,25,26,27). The second-order valence-corrected chi connectivity index (χ2v) is 9.07. The summed E-state index contributed by atoms with van der Waals surface area (Å²) in [6, 6.07) is 3.89. The number of piperidine rings is 1. The van der Waals surface area contributed by atoms with E-state index < -0.39 is 5.41 Å². The van der Waals surface area contributed by atoms with Crippen LogP contribution in [-0.4, -0.2) is 57.2 Å². The van der Waals surface area contributed by atoms with Gasteiger partial charge in [0.2, 0.25) is 5.91 Å². The van der Waals surface area contributed by atoms with Crippen LogP contribution in [0.25, 0.3) is 11.0 Å². The number of ketones is 1. The fourth-order valence-corrected chi connectivity index (χ4v) is 4.05. The van der Waals surface area contributed by atoms with Crippen LogP contribution in [0.5, 0.6) is 0 Å². The predicted octanol–water partition coefficient (Wildman–Crippen LogP) is 3.09. The summed E-state index contributed by atoms with van der Waals surface area (Å²) < 4.78 is 0. The minimum absolute atomic E-state index is 0.0182. The minimum Gasteiger partial charge on any atom is -0.346 e. The lowest BCUT2D eigenvalue weighted by Gasteiger charge is -2.44. The minimum atomic E-state index is -1.09. The molecule has 0 aromatic carbocycles. The van der Waals surface area contributed by atoms with E-state index in [9.17, 15) is 14.9 Å². The van der Waals surface area contributed by atoms with Gasteiger partial charge in [-0.1, -0.05) is 12.5 Å². The number of amides is 1. The van der Waals surface area contributed by atoms with Gasteiger partial charge in [-0.25, -0.2) is 9.97 Å². The van der Waals surface area contributed by atoms with E-state index in [1.165, 1.54) is 6.33 Å². The number of H-pyrrole nitrogens is 1. The highest BCUT2D eigenvalue weighted by Gasteiger charge is 2.39. The molecular formula is C23H30N6O2. The van der Waals surface area contributed by atoms with Crippen molar-refractivity contribution in [2.75, 3.05) is 24.5 Å². The summed E-state index contributed by atoms with van der Waals surface area (Å²) in [5, 5.41) is 10.3. The lowest BCUT2D eigenvalue weighted by molar-refractivity contribution is -0.139. The molecular weight excluding hydrogens is 392 g/mol. The number of aromatic amines is 1. The van der Waals surface area contributed by atoms with Crippen LogP contribution >= 0.6 is 0 Å². The highest BCUT2D eigenvalue weighted by Crippen LogP contribution is 2.31. The van der Waals surface area contributed by atoms with Crippen LogP contribution in [0.3, 0.4) is 0 Å². The molecule has 0 saturated carbocycles. The predicted molar refractivity (Wildman–Crippen MR) is 119 cm³/mol. The molecule has 1 fully saturated rings. The zero-order chi connectivity index (χ0) is 22.8. The molecule has 2 unspecified atom stereocenters. The van der Waals surface area contributed by atoms with Crippen molar-refractivity contribution in [1.82, 2.24) is 19.9 Å². The molecule has 1 N–H and O–H groups in total. The number of allylic oxidation sites excluding steroid dienone is 1. The van der Waals surface area contributed by atoms with E-state index in [0.29, 0.717) is 24.6 Å². The Labute approximate surface area is 183 Å². The maximum atomic E-state index is 13.0. The first-order chi connectivity index (χ1) is 14.6. The number of rotatable bonds is 6. The quantitative estimate of drug-likeness (QED) is 0.717. The second-order valence-electron chi connectivity index (χ2n) is 9.07. The van der Waals surface area contributed by atoms with Gasteiger partial charge in [-0.05, 0) is 52.2 Å². The highest BCUT2D eigenvalue weighted by molar-refractivity contribution is 5.96. The molecule has 2 aromatic heterocycles. The van der Waals surface area contributed by atoms with Crippen molar-refractivity contribution in [3.63, 3.8) is 0 Å². The van der Waals surface area contributed by atoms with Crippen molar-refractivity contribution in [3.8, 4) is 6.07 Å². The summed E-state index contributed by atoms with van der Waals surface area (Å²) in [4.78, 5) is 41.4. The molecule has 2 atom stereocenters. The van der Waals surface area contributed by atoms with Gasteiger partial charge in [0.15, 0.2) is 5.78 Å². The molecule has 0 bridgehead atoms. The SMILES string of the molecule is CC(C)=CC(=O)CN(c1ncnc2[nH]ccc12)C1CN(C(=O)C(C)(C)C#N)CCC1C. The third-order valence-electron chi connectivity index (χ3n) is 5.80. The fourth-order valence-electron chi connectivity index (χ4n) is 4.05. The Morgan fingerprint density at radius 1 is 1.39 bits per heavy atom. The molecule has 3 heterocycles. The maximum Gasteiger partial charge on any atom is 0.242 e. The van der Waals surface area contributed by atoms with Crippen LogP contribution in [0.2, 0.25) is 0 Å². The fraction of sp³-hybridized carbons (Fsp3) is 0.522. The van der Waals surface area contributed by atoms with Crippen molar-refractivity contribution in [1.29, 1.82) is 5.26 Å². The van der Waals surface area contributed by atoms with Crippen LogP contribution in [0.4, 0.5) is 5.82 Å². The van der Waals surface area contributed by atoms with Crippen molar-refractivity contribution in [2.45, 2.75) is 47.1 Å². The molecule has 0 spiro atoms. The van der Waals surface area contributed by atoms with Crippen LogP contribution in [-0.2, 0) is 9.59 Å². The maximum absolute atomic E-state index is 13.0. The zero-order valence-electron chi connectivity index (χ0n) is 18.8. The number of hydrogen-bond acceptors (Lipinski definition) is 6. The van der Waals surface area contributed by atoms with Gasteiger partial charge in [0.1, 0.15) is 23.2 Å². The zero-order valence-corrected chi connectivity index (χ0v) is 18.8. The number of carbonyl (C=O) groups is 2. The summed E-state index contributed by atoms with van der Waals surface area (Å²) in [5.74, 6) is 0.706. The van der Waals surface area contributed by atoms with Gasteiger partial charge < -0.3 is 14.8 Å². The highest BCUT2D eigenvalue weighted by atomic mass is 16.2. The smallest absolute Gasteiger partial charge is 0.242 e. The number of aromatic nitrogens is 3. The average Bonchev–Trinajstić information content (AvgIpc) is 3.20. The second kappa shape index (κ2) is 8.88. The van der Waals surface area contributed by atoms with E-state index in [-0.39, 0.29) is 30.2 Å². The van der Waals surface area contributed by atoms with Crippen molar-refractivity contribution in [2.24, 2.45) is 11.3 Å². The van der Waals surface area contributed by atoms with Crippen molar-refractivity contribution in [3.05, 3.63) is 30.2 Å². The van der Waals surface area contributed by atoms with Gasteiger partial charge in [-0.3, -0.25) is 9.59 Å². The molecule has 1 aliphatic heterocycles. The topological polar surface area (TPSA) is 106 Å². The van der Waals surface area contributed by atoms with E-state index in [4.69, 9.17) is 0 Å². The van der Waals surface area contributed by atoms with E-state index in [0.717, 1.165) is 17.4 Å². The summed E-state index contributed by atoms with van der Waals surface area (Å²) in [6.07, 6.45) is 5.71. The first kappa shape index (κ1) is 22.5. The molecule has 1 aliphatic rings. The largest absolute Gasteiger partial charge is 0.346 e.